The molecule has 68 valence electrons. The minimum atomic E-state index is -0.588. The van der Waals surface area contributed by atoms with Crippen LogP contribution in [0, 0.1) is 22.7 Å². The molecule has 0 amide bonds. The molecule has 3 heteroatoms. The van der Waals surface area contributed by atoms with E-state index >= 15 is 0 Å². The van der Waals surface area contributed by atoms with Crippen LogP contribution in [-0.2, 0) is 0 Å². The number of aliphatic hydroxyl groups is 1. The molecule has 1 rings (SSSR count). The Morgan fingerprint density at radius 1 is 1.67 bits per heavy atom. The monoisotopic (exact) mass is 185 g/mol. The molecule has 2 atom stereocenters. The molecule has 2 nitrogen and oxygen atoms in total. The lowest BCUT2D eigenvalue weighted by Crippen LogP contribution is -2.34. The van der Waals surface area contributed by atoms with Crippen molar-refractivity contribution in [3.05, 3.63) is 0 Å². The molecule has 0 saturated carbocycles. The Morgan fingerprint density at radius 2 is 2.33 bits per heavy atom. The van der Waals surface area contributed by atoms with E-state index in [1.54, 1.807) is 13.8 Å². The molecule has 1 fully saturated rings. The van der Waals surface area contributed by atoms with Crippen molar-refractivity contribution in [1.29, 1.82) is 5.26 Å². The van der Waals surface area contributed by atoms with E-state index in [4.69, 9.17) is 5.26 Å². The van der Waals surface area contributed by atoms with Crippen LogP contribution >= 0.6 is 11.8 Å². The maximum atomic E-state index is 9.84. The molecular weight excluding hydrogens is 170 g/mol. The first-order valence-electron chi connectivity index (χ1n) is 4.25. The summed E-state index contributed by atoms with van der Waals surface area (Å²) in [4.78, 5) is 0. The fraction of sp³-hybridized carbons (Fsp3) is 0.889. The van der Waals surface area contributed by atoms with Crippen LogP contribution in [0.1, 0.15) is 20.3 Å². The van der Waals surface area contributed by atoms with Gasteiger partial charge in [0.05, 0.1) is 17.6 Å². The Kier molecular flexibility index (Phi) is 3.03. The molecule has 0 aromatic heterocycles. The van der Waals surface area contributed by atoms with Gasteiger partial charge in [-0.2, -0.15) is 17.0 Å². The smallest absolute Gasteiger partial charge is 0.0779 e. The van der Waals surface area contributed by atoms with Crippen molar-refractivity contribution < 1.29 is 5.11 Å². The van der Waals surface area contributed by atoms with E-state index in [0.717, 1.165) is 17.9 Å². The summed E-state index contributed by atoms with van der Waals surface area (Å²) in [7, 11) is 0. The number of nitriles is 1. The number of rotatable bonds is 2. The molecule has 0 aromatic rings. The average Bonchev–Trinajstić information content (AvgIpc) is 2.55. The maximum absolute atomic E-state index is 9.84. The second-order valence-electron chi connectivity index (χ2n) is 3.90. The third-order valence-corrected chi connectivity index (χ3v) is 3.63. The Hall–Kier alpha value is -0.200. The van der Waals surface area contributed by atoms with E-state index in [1.165, 1.54) is 0 Å². The van der Waals surface area contributed by atoms with Gasteiger partial charge < -0.3 is 5.11 Å². The second-order valence-corrected chi connectivity index (χ2v) is 5.05. The lowest BCUT2D eigenvalue weighted by atomic mass is 9.80. The maximum Gasteiger partial charge on any atom is 0.0779 e. The lowest BCUT2D eigenvalue weighted by molar-refractivity contribution is 0.0412. The summed E-state index contributed by atoms with van der Waals surface area (Å²) in [5.41, 5.74) is -0.588. The van der Waals surface area contributed by atoms with Crippen LogP contribution in [0.2, 0.25) is 0 Å². The summed E-state index contributed by atoms with van der Waals surface area (Å²) in [6, 6.07) is 2.16. The Balaban J connectivity index is 2.57. The van der Waals surface area contributed by atoms with Gasteiger partial charge in [-0.3, -0.25) is 0 Å². The quantitative estimate of drug-likeness (QED) is 0.711. The van der Waals surface area contributed by atoms with Crippen LogP contribution in [0.3, 0.4) is 0 Å². The van der Waals surface area contributed by atoms with Crippen molar-refractivity contribution in [2.75, 3.05) is 11.5 Å². The molecule has 0 aliphatic carbocycles. The molecule has 1 saturated heterocycles. The summed E-state index contributed by atoms with van der Waals surface area (Å²) < 4.78 is 0. The largest absolute Gasteiger partial charge is 0.391 e. The van der Waals surface area contributed by atoms with E-state index in [0.29, 0.717) is 5.92 Å². The van der Waals surface area contributed by atoms with Gasteiger partial charge in [0.2, 0.25) is 0 Å². The third kappa shape index (κ3) is 1.94. The molecule has 1 aliphatic rings. The molecule has 0 radical (unpaired) electrons. The molecule has 1 N–H and O–H groups in total. The van der Waals surface area contributed by atoms with Gasteiger partial charge in [-0.15, -0.1) is 0 Å². The molecule has 1 aliphatic heterocycles. The lowest BCUT2D eigenvalue weighted by Gasteiger charge is -2.27. The van der Waals surface area contributed by atoms with E-state index < -0.39 is 11.5 Å². The van der Waals surface area contributed by atoms with Gasteiger partial charge in [0, 0.05) is 0 Å². The predicted molar refractivity (Wildman–Crippen MR) is 50.8 cm³/mol. The van der Waals surface area contributed by atoms with Crippen molar-refractivity contribution in [3.8, 4) is 6.07 Å². The van der Waals surface area contributed by atoms with Gasteiger partial charge in [-0.05, 0) is 37.7 Å². The minimum absolute atomic E-state index is 0.324. The summed E-state index contributed by atoms with van der Waals surface area (Å²) in [6.45, 7) is 3.61. The van der Waals surface area contributed by atoms with Crippen LogP contribution in [-0.4, -0.2) is 22.7 Å². The van der Waals surface area contributed by atoms with Crippen molar-refractivity contribution in [1.82, 2.24) is 0 Å². The zero-order valence-corrected chi connectivity index (χ0v) is 8.40. The first-order chi connectivity index (χ1) is 5.58. The van der Waals surface area contributed by atoms with E-state index in [-0.39, 0.29) is 0 Å². The van der Waals surface area contributed by atoms with Gasteiger partial charge >= 0.3 is 0 Å². The van der Waals surface area contributed by atoms with Gasteiger partial charge in [-0.1, -0.05) is 0 Å². The Morgan fingerprint density at radius 3 is 2.75 bits per heavy atom. The topological polar surface area (TPSA) is 44.0 Å². The van der Waals surface area contributed by atoms with Crippen LogP contribution in [0.4, 0.5) is 0 Å². The SMILES string of the molecule is CC(C)(C#N)C(O)C1CCSC1. The molecule has 12 heavy (non-hydrogen) atoms. The summed E-state index contributed by atoms with van der Waals surface area (Å²) >= 11 is 1.87. The fourth-order valence-corrected chi connectivity index (χ4v) is 2.74. The summed E-state index contributed by atoms with van der Waals surface area (Å²) in [5.74, 6) is 2.46. The standard InChI is InChI=1S/C9H15NOS/c1-9(2,6-10)8(11)7-3-4-12-5-7/h7-8,11H,3-5H2,1-2H3. The first-order valence-corrected chi connectivity index (χ1v) is 5.40. The molecule has 0 aromatic carbocycles. The number of nitrogens with zero attached hydrogens (tertiary/aromatic N) is 1. The van der Waals surface area contributed by atoms with Crippen molar-refractivity contribution in [3.63, 3.8) is 0 Å². The number of aliphatic hydroxyl groups excluding tert-OH is 1. The fourth-order valence-electron chi connectivity index (χ4n) is 1.46. The number of hydrogen-bond acceptors (Lipinski definition) is 3. The van der Waals surface area contributed by atoms with Crippen molar-refractivity contribution >= 4 is 11.8 Å². The highest BCUT2D eigenvalue weighted by Crippen LogP contribution is 2.34. The average molecular weight is 185 g/mol. The molecule has 1 heterocycles. The molecular formula is C9H15NOS. The first kappa shape index (κ1) is 9.88. The van der Waals surface area contributed by atoms with Crippen molar-refractivity contribution in [2.45, 2.75) is 26.4 Å². The molecule has 2 unspecified atom stereocenters. The molecule has 0 bridgehead atoms. The summed E-state index contributed by atoms with van der Waals surface area (Å²) in [6.07, 6.45) is 0.592. The van der Waals surface area contributed by atoms with E-state index in [2.05, 4.69) is 6.07 Å². The van der Waals surface area contributed by atoms with Crippen molar-refractivity contribution in [2.24, 2.45) is 11.3 Å². The van der Waals surface area contributed by atoms with E-state index in [9.17, 15) is 5.11 Å². The minimum Gasteiger partial charge on any atom is -0.391 e. The highest BCUT2D eigenvalue weighted by atomic mass is 32.2. The van der Waals surface area contributed by atoms with E-state index in [1.807, 2.05) is 11.8 Å². The zero-order chi connectivity index (χ0) is 9.19. The normalized spacial score (nSPS) is 26.7. The van der Waals surface area contributed by atoms with Gasteiger partial charge in [0.1, 0.15) is 0 Å². The highest BCUT2D eigenvalue weighted by molar-refractivity contribution is 7.99. The van der Waals surface area contributed by atoms with Gasteiger partial charge in [-0.25, -0.2) is 0 Å². The van der Waals surface area contributed by atoms with Crippen LogP contribution < -0.4 is 0 Å². The predicted octanol–water partition coefficient (Wildman–Crippen LogP) is 1.65. The van der Waals surface area contributed by atoms with Crippen LogP contribution in [0.5, 0.6) is 0 Å². The van der Waals surface area contributed by atoms with Crippen LogP contribution in [0.25, 0.3) is 0 Å². The third-order valence-electron chi connectivity index (χ3n) is 2.44. The van der Waals surface area contributed by atoms with Gasteiger partial charge in [0.15, 0.2) is 0 Å². The Bertz CT molecular complexity index is 191. The molecule has 0 spiro atoms. The summed E-state index contributed by atoms with van der Waals surface area (Å²) in [5, 5.41) is 18.6. The zero-order valence-electron chi connectivity index (χ0n) is 7.58. The second kappa shape index (κ2) is 3.68. The Labute approximate surface area is 78.0 Å². The van der Waals surface area contributed by atoms with Crippen LogP contribution in [0.15, 0.2) is 0 Å². The number of thioether (sulfide) groups is 1. The highest BCUT2D eigenvalue weighted by Gasteiger charge is 2.35. The number of hydrogen-bond donors (Lipinski definition) is 1. The van der Waals surface area contributed by atoms with Gasteiger partial charge in [0.25, 0.3) is 0 Å².